The summed E-state index contributed by atoms with van der Waals surface area (Å²) >= 11 is 1.52. The molecule has 26 heavy (non-hydrogen) atoms. The predicted molar refractivity (Wildman–Crippen MR) is 100 cm³/mol. The van der Waals surface area contributed by atoms with Crippen molar-refractivity contribution in [3.8, 4) is 10.6 Å². The van der Waals surface area contributed by atoms with Gasteiger partial charge in [-0.05, 0) is 42.5 Å². The maximum Gasteiger partial charge on any atom is 0.276 e. The zero-order valence-electron chi connectivity index (χ0n) is 13.7. The van der Waals surface area contributed by atoms with Crippen LogP contribution >= 0.6 is 11.3 Å². The van der Waals surface area contributed by atoms with Crippen molar-refractivity contribution in [2.75, 3.05) is 5.32 Å². The first-order valence-corrected chi connectivity index (χ1v) is 8.59. The first-order chi connectivity index (χ1) is 12.6. The average Bonchev–Trinajstić information content (AvgIpc) is 3.08. The molecule has 4 aromatic rings. The molecule has 0 aliphatic rings. The highest BCUT2D eigenvalue weighted by Crippen LogP contribution is 2.29. The Hall–Kier alpha value is -3.39. The Bertz CT molecular complexity index is 1130. The monoisotopic (exact) mass is 363 g/mol. The first-order valence-electron chi connectivity index (χ1n) is 7.78. The fourth-order valence-corrected chi connectivity index (χ4v) is 3.32. The minimum atomic E-state index is -0.377. The average molecular weight is 363 g/mol. The number of anilines is 1. The number of pyridine rings is 1. The van der Waals surface area contributed by atoms with Crippen LogP contribution in [0.3, 0.4) is 0 Å². The van der Waals surface area contributed by atoms with E-state index >= 15 is 0 Å². The number of rotatable bonds is 3. The Balaban J connectivity index is 1.54. The molecule has 0 unspecified atom stereocenters. The molecule has 0 saturated heterocycles. The number of nitrogens with zero attached hydrogens (tertiary/aromatic N) is 4. The van der Waals surface area contributed by atoms with E-state index in [0.717, 1.165) is 25.6 Å². The van der Waals surface area contributed by atoms with E-state index in [0.29, 0.717) is 5.69 Å². The molecular weight excluding hydrogens is 350 g/mol. The van der Waals surface area contributed by atoms with Crippen LogP contribution in [0, 0.1) is 0 Å². The predicted octanol–water partition coefficient (Wildman–Crippen LogP) is 2.70. The molecule has 0 spiro atoms. The van der Waals surface area contributed by atoms with Crippen LogP contribution in [-0.2, 0) is 7.05 Å². The van der Waals surface area contributed by atoms with E-state index in [1.165, 1.54) is 30.5 Å². The SMILES string of the molecule is Cn1nc(C(=O)Nc2ccc(-c3nc4cccnc4s3)cc2)ccc1=O. The largest absolute Gasteiger partial charge is 0.321 e. The first kappa shape index (κ1) is 16.1. The topological polar surface area (TPSA) is 89.8 Å². The van der Waals surface area contributed by atoms with E-state index in [1.54, 1.807) is 18.3 Å². The third-order valence-electron chi connectivity index (χ3n) is 3.75. The van der Waals surface area contributed by atoms with E-state index in [-0.39, 0.29) is 17.2 Å². The number of fused-ring (bicyclic) bond motifs is 1. The Morgan fingerprint density at radius 2 is 1.92 bits per heavy atom. The van der Waals surface area contributed by atoms with E-state index < -0.39 is 0 Å². The summed E-state index contributed by atoms with van der Waals surface area (Å²) in [6.45, 7) is 0. The van der Waals surface area contributed by atoms with Crippen molar-refractivity contribution in [1.29, 1.82) is 0 Å². The molecule has 1 N–H and O–H groups in total. The summed E-state index contributed by atoms with van der Waals surface area (Å²) in [4.78, 5) is 33.3. The van der Waals surface area contributed by atoms with Gasteiger partial charge in [-0.15, -0.1) is 0 Å². The van der Waals surface area contributed by atoms with Gasteiger partial charge in [0, 0.05) is 30.6 Å². The molecule has 1 amide bonds. The van der Waals surface area contributed by atoms with Gasteiger partial charge in [0.25, 0.3) is 11.5 Å². The van der Waals surface area contributed by atoms with Crippen molar-refractivity contribution in [2.45, 2.75) is 0 Å². The number of aryl methyl sites for hydroxylation is 1. The molecular formula is C18H13N5O2S. The third kappa shape index (κ3) is 3.09. The van der Waals surface area contributed by atoms with Gasteiger partial charge >= 0.3 is 0 Å². The molecule has 0 radical (unpaired) electrons. The minimum absolute atomic E-state index is 0.174. The summed E-state index contributed by atoms with van der Waals surface area (Å²) in [5, 5.41) is 7.57. The van der Waals surface area contributed by atoms with Gasteiger partial charge in [-0.25, -0.2) is 14.6 Å². The number of amides is 1. The molecule has 4 rings (SSSR count). The Labute approximate surface area is 152 Å². The van der Waals surface area contributed by atoms with Crippen molar-refractivity contribution in [3.63, 3.8) is 0 Å². The molecule has 3 heterocycles. The molecule has 8 heteroatoms. The quantitative estimate of drug-likeness (QED) is 0.604. The van der Waals surface area contributed by atoms with Crippen LogP contribution in [0.5, 0.6) is 0 Å². The maximum absolute atomic E-state index is 12.2. The van der Waals surface area contributed by atoms with Crippen molar-refractivity contribution < 1.29 is 4.79 Å². The summed E-state index contributed by atoms with van der Waals surface area (Å²) in [5.74, 6) is -0.377. The zero-order valence-corrected chi connectivity index (χ0v) is 14.5. The maximum atomic E-state index is 12.2. The van der Waals surface area contributed by atoms with Gasteiger partial charge in [-0.3, -0.25) is 9.59 Å². The van der Waals surface area contributed by atoms with Crippen LogP contribution in [0.25, 0.3) is 20.9 Å². The number of nitrogens with one attached hydrogen (secondary N) is 1. The van der Waals surface area contributed by atoms with E-state index in [9.17, 15) is 9.59 Å². The molecule has 7 nitrogen and oxygen atoms in total. The molecule has 3 aromatic heterocycles. The van der Waals surface area contributed by atoms with E-state index in [1.807, 2.05) is 24.3 Å². The van der Waals surface area contributed by atoms with Gasteiger partial charge in [0.15, 0.2) is 0 Å². The lowest BCUT2D eigenvalue weighted by Gasteiger charge is -2.06. The molecule has 128 valence electrons. The molecule has 0 aliphatic carbocycles. The highest BCUT2D eigenvalue weighted by molar-refractivity contribution is 7.21. The summed E-state index contributed by atoms with van der Waals surface area (Å²) in [6.07, 6.45) is 1.75. The van der Waals surface area contributed by atoms with Gasteiger partial charge in [-0.1, -0.05) is 11.3 Å². The van der Waals surface area contributed by atoms with Crippen molar-refractivity contribution in [3.05, 3.63) is 70.8 Å². The second-order valence-corrected chi connectivity index (χ2v) is 6.54. The third-order valence-corrected chi connectivity index (χ3v) is 4.78. The van der Waals surface area contributed by atoms with Gasteiger partial charge in [-0.2, -0.15) is 5.10 Å². The normalized spacial score (nSPS) is 10.8. The fourth-order valence-electron chi connectivity index (χ4n) is 2.41. The standard InChI is InChI=1S/C18H13N5O2S/c1-23-15(24)9-8-13(22-23)16(25)20-12-6-4-11(5-7-12)17-21-14-3-2-10-19-18(14)26-17/h2-10H,1H3,(H,20,25). The van der Waals surface area contributed by atoms with Crippen molar-refractivity contribution in [2.24, 2.45) is 7.05 Å². The molecule has 0 fully saturated rings. The van der Waals surface area contributed by atoms with E-state index in [4.69, 9.17) is 0 Å². The Morgan fingerprint density at radius 1 is 1.12 bits per heavy atom. The second kappa shape index (κ2) is 6.49. The smallest absolute Gasteiger partial charge is 0.276 e. The van der Waals surface area contributed by atoms with Crippen LogP contribution in [0.2, 0.25) is 0 Å². The zero-order chi connectivity index (χ0) is 18.1. The number of aromatic nitrogens is 4. The number of carbonyl (C=O) groups is 1. The second-order valence-electron chi connectivity index (χ2n) is 5.56. The summed E-state index contributed by atoms with van der Waals surface area (Å²) < 4.78 is 1.12. The molecule has 0 aliphatic heterocycles. The van der Waals surface area contributed by atoms with Crippen molar-refractivity contribution in [1.82, 2.24) is 19.7 Å². The fraction of sp³-hybridized carbons (Fsp3) is 0.0556. The summed E-state index contributed by atoms with van der Waals surface area (Å²) in [7, 11) is 1.50. The lowest BCUT2D eigenvalue weighted by Crippen LogP contribution is -2.23. The van der Waals surface area contributed by atoms with Crippen LogP contribution in [-0.4, -0.2) is 25.7 Å². The molecule has 0 bridgehead atoms. The Morgan fingerprint density at radius 3 is 2.65 bits per heavy atom. The lowest BCUT2D eigenvalue weighted by molar-refractivity contribution is 0.102. The Kier molecular flexibility index (Phi) is 4.02. The van der Waals surface area contributed by atoms with Crippen LogP contribution in [0.4, 0.5) is 5.69 Å². The number of carbonyl (C=O) groups excluding carboxylic acids is 1. The highest BCUT2D eigenvalue weighted by atomic mass is 32.1. The molecule has 1 aromatic carbocycles. The summed E-state index contributed by atoms with van der Waals surface area (Å²) in [5.41, 5.74) is 2.36. The highest BCUT2D eigenvalue weighted by Gasteiger charge is 2.10. The molecule has 0 atom stereocenters. The van der Waals surface area contributed by atoms with Gasteiger partial charge in [0.2, 0.25) is 0 Å². The van der Waals surface area contributed by atoms with Gasteiger partial charge in [0.1, 0.15) is 21.0 Å². The minimum Gasteiger partial charge on any atom is -0.321 e. The van der Waals surface area contributed by atoms with Gasteiger partial charge in [0.05, 0.1) is 0 Å². The van der Waals surface area contributed by atoms with Gasteiger partial charge < -0.3 is 5.32 Å². The van der Waals surface area contributed by atoms with Crippen molar-refractivity contribution >= 4 is 33.3 Å². The van der Waals surface area contributed by atoms with E-state index in [2.05, 4.69) is 20.4 Å². The number of thiazole rings is 1. The number of hydrogen-bond acceptors (Lipinski definition) is 6. The number of benzene rings is 1. The number of hydrogen-bond donors (Lipinski definition) is 1. The molecule has 0 saturated carbocycles. The van der Waals surface area contributed by atoms with Crippen LogP contribution < -0.4 is 10.9 Å². The van der Waals surface area contributed by atoms with Crippen LogP contribution in [0.1, 0.15) is 10.5 Å². The van der Waals surface area contributed by atoms with Crippen LogP contribution in [0.15, 0.2) is 59.5 Å². The lowest BCUT2D eigenvalue weighted by atomic mass is 10.2. The summed E-state index contributed by atoms with van der Waals surface area (Å²) in [6, 6.07) is 13.9.